The minimum Gasteiger partial charge on any atom is -0.352 e. The molecule has 3 heteroatoms. The van der Waals surface area contributed by atoms with Gasteiger partial charge in [-0.2, -0.15) is 0 Å². The lowest BCUT2D eigenvalue weighted by molar-refractivity contribution is 0.384. The molecular formula is C14H19N3. The monoisotopic (exact) mass is 229 g/mol. The number of fused-ring (bicyclic) bond motifs is 1. The summed E-state index contributed by atoms with van der Waals surface area (Å²) < 4.78 is 0. The van der Waals surface area contributed by atoms with E-state index < -0.39 is 0 Å². The third-order valence-corrected chi connectivity index (χ3v) is 3.65. The summed E-state index contributed by atoms with van der Waals surface area (Å²) in [5, 5.41) is 6.90. The van der Waals surface area contributed by atoms with Crippen molar-refractivity contribution in [3.8, 4) is 0 Å². The number of nitrogens with one attached hydrogen (secondary N) is 2. The Balaban J connectivity index is 1.56. The van der Waals surface area contributed by atoms with E-state index in [-0.39, 0.29) is 0 Å². The molecule has 1 unspecified atom stereocenters. The van der Waals surface area contributed by atoms with E-state index in [9.17, 15) is 0 Å². The normalized spacial score (nSPS) is 26.9. The molecule has 0 bridgehead atoms. The van der Waals surface area contributed by atoms with E-state index in [2.05, 4.69) is 34.9 Å². The Kier molecular flexibility index (Phi) is 2.99. The predicted molar refractivity (Wildman–Crippen MR) is 69.9 cm³/mol. The van der Waals surface area contributed by atoms with Gasteiger partial charge in [0, 0.05) is 6.54 Å². The largest absolute Gasteiger partial charge is 0.352 e. The summed E-state index contributed by atoms with van der Waals surface area (Å²) in [6.07, 6.45) is 5.19. The van der Waals surface area contributed by atoms with Gasteiger partial charge in [-0.25, -0.2) is 4.99 Å². The average Bonchev–Trinajstić information content (AvgIpc) is 2.80. The van der Waals surface area contributed by atoms with Gasteiger partial charge in [-0.05, 0) is 18.4 Å². The van der Waals surface area contributed by atoms with Gasteiger partial charge in [0.1, 0.15) is 0 Å². The Bertz CT molecular complexity index is 399. The van der Waals surface area contributed by atoms with E-state index in [0.717, 1.165) is 12.5 Å². The SMILES string of the molecule is c1ccc(CNC2=N[C@H]3CCCCC3N2)cc1. The molecule has 1 fully saturated rings. The van der Waals surface area contributed by atoms with Crippen LogP contribution in [0.3, 0.4) is 0 Å². The predicted octanol–water partition coefficient (Wildman–Crippen LogP) is 2.05. The van der Waals surface area contributed by atoms with Crippen molar-refractivity contribution in [3.63, 3.8) is 0 Å². The number of hydrogen-bond acceptors (Lipinski definition) is 3. The highest BCUT2D eigenvalue weighted by Gasteiger charge is 2.30. The van der Waals surface area contributed by atoms with Crippen molar-refractivity contribution >= 4 is 5.96 Å². The van der Waals surface area contributed by atoms with Crippen LogP contribution >= 0.6 is 0 Å². The molecule has 0 saturated heterocycles. The first-order valence-corrected chi connectivity index (χ1v) is 6.54. The van der Waals surface area contributed by atoms with Gasteiger partial charge < -0.3 is 10.6 Å². The molecule has 2 aliphatic rings. The third kappa shape index (κ3) is 2.43. The number of guanidine groups is 1. The van der Waals surface area contributed by atoms with Crippen LogP contribution in [0.15, 0.2) is 35.3 Å². The Morgan fingerprint density at radius 2 is 2.00 bits per heavy atom. The zero-order valence-electron chi connectivity index (χ0n) is 10.0. The summed E-state index contributed by atoms with van der Waals surface area (Å²) >= 11 is 0. The molecule has 0 radical (unpaired) electrons. The Hall–Kier alpha value is -1.51. The van der Waals surface area contributed by atoms with E-state index in [0.29, 0.717) is 12.1 Å². The Morgan fingerprint density at radius 1 is 1.18 bits per heavy atom. The van der Waals surface area contributed by atoms with Crippen LogP contribution in [0.5, 0.6) is 0 Å². The van der Waals surface area contributed by atoms with Gasteiger partial charge in [0.2, 0.25) is 0 Å². The lowest BCUT2D eigenvalue weighted by Crippen LogP contribution is -2.41. The second-order valence-electron chi connectivity index (χ2n) is 4.92. The van der Waals surface area contributed by atoms with Crippen LogP contribution in [-0.2, 0) is 6.54 Å². The Labute approximate surface area is 102 Å². The highest BCUT2D eigenvalue weighted by molar-refractivity contribution is 5.82. The number of hydrogen-bond donors (Lipinski definition) is 2. The van der Waals surface area contributed by atoms with Crippen LogP contribution in [0, 0.1) is 0 Å². The van der Waals surface area contributed by atoms with Crippen LogP contribution in [-0.4, -0.2) is 18.0 Å². The minimum absolute atomic E-state index is 0.516. The molecule has 0 amide bonds. The number of benzene rings is 1. The summed E-state index contributed by atoms with van der Waals surface area (Å²) in [4.78, 5) is 4.72. The van der Waals surface area contributed by atoms with Gasteiger partial charge in [-0.3, -0.25) is 0 Å². The second kappa shape index (κ2) is 4.78. The van der Waals surface area contributed by atoms with E-state index in [4.69, 9.17) is 4.99 Å². The summed E-state index contributed by atoms with van der Waals surface area (Å²) in [7, 11) is 0. The maximum atomic E-state index is 4.72. The highest BCUT2D eigenvalue weighted by Crippen LogP contribution is 2.24. The van der Waals surface area contributed by atoms with E-state index in [1.807, 2.05) is 6.07 Å². The minimum atomic E-state index is 0.516. The number of aliphatic imine (C=N–C) groups is 1. The maximum Gasteiger partial charge on any atom is 0.192 e. The van der Waals surface area contributed by atoms with Crippen LogP contribution in [0.1, 0.15) is 31.2 Å². The van der Waals surface area contributed by atoms with E-state index >= 15 is 0 Å². The van der Waals surface area contributed by atoms with E-state index in [1.54, 1.807) is 0 Å². The molecule has 1 aromatic rings. The van der Waals surface area contributed by atoms with Crippen LogP contribution < -0.4 is 10.6 Å². The van der Waals surface area contributed by atoms with Gasteiger partial charge in [0.05, 0.1) is 12.1 Å². The summed E-state index contributed by atoms with van der Waals surface area (Å²) in [6, 6.07) is 11.6. The van der Waals surface area contributed by atoms with Crippen molar-refractivity contribution in [2.45, 2.75) is 44.3 Å². The molecule has 3 rings (SSSR count). The molecule has 1 aromatic carbocycles. The molecule has 2 N–H and O–H groups in total. The standard InChI is InChI=1S/C14H19N3/c1-2-6-11(7-3-1)10-15-14-16-12-8-4-5-9-13(12)17-14/h1-3,6-7,12-13H,4-5,8-10H2,(H2,15,16,17)/t12-,13?/m0/s1. The highest BCUT2D eigenvalue weighted by atomic mass is 15.3. The van der Waals surface area contributed by atoms with Crippen LogP contribution in [0.4, 0.5) is 0 Å². The molecule has 1 saturated carbocycles. The van der Waals surface area contributed by atoms with Crippen LogP contribution in [0.25, 0.3) is 0 Å². The van der Waals surface area contributed by atoms with Gasteiger partial charge in [0.25, 0.3) is 0 Å². The fourth-order valence-electron chi connectivity index (χ4n) is 2.69. The van der Waals surface area contributed by atoms with Crippen molar-refractivity contribution in [3.05, 3.63) is 35.9 Å². The van der Waals surface area contributed by atoms with Crippen LogP contribution in [0.2, 0.25) is 0 Å². The first kappa shape index (κ1) is 10.6. The van der Waals surface area contributed by atoms with Crippen molar-refractivity contribution in [1.82, 2.24) is 10.6 Å². The van der Waals surface area contributed by atoms with Gasteiger partial charge in [-0.15, -0.1) is 0 Å². The fraction of sp³-hybridized carbons (Fsp3) is 0.500. The molecule has 1 aliphatic carbocycles. The zero-order valence-corrected chi connectivity index (χ0v) is 10.0. The molecule has 3 nitrogen and oxygen atoms in total. The lowest BCUT2D eigenvalue weighted by atomic mass is 9.92. The average molecular weight is 229 g/mol. The summed E-state index contributed by atoms with van der Waals surface area (Å²) in [5.74, 6) is 0.991. The summed E-state index contributed by atoms with van der Waals surface area (Å²) in [5.41, 5.74) is 1.30. The number of rotatable bonds is 2. The van der Waals surface area contributed by atoms with Crippen molar-refractivity contribution in [1.29, 1.82) is 0 Å². The topological polar surface area (TPSA) is 36.4 Å². The molecule has 0 spiro atoms. The van der Waals surface area contributed by atoms with Crippen molar-refractivity contribution in [2.24, 2.45) is 4.99 Å². The molecular weight excluding hydrogens is 210 g/mol. The van der Waals surface area contributed by atoms with Crippen molar-refractivity contribution in [2.75, 3.05) is 0 Å². The lowest BCUT2D eigenvalue weighted by Gasteiger charge is -2.23. The van der Waals surface area contributed by atoms with Gasteiger partial charge in [-0.1, -0.05) is 43.2 Å². The fourth-order valence-corrected chi connectivity index (χ4v) is 2.69. The zero-order chi connectivity index (χ0) is 11.5. The van der Waals surface area contributed by atoms with Gasteiger partial charge in [0.15, 0.2) is 5.96 Å². The quantitative estimate of drug-likeness (QED) is 0.814. The summed E-state index contributed by atoms with van der Waals surface area (Å²) in [6.45, 7) is 0.853. The Morgan fingerprint density at radius 3 is 2.82 bits per heavy atom. The second-order valence-corrected chi connectivity index (χ2v) is 4.92. The van der Waals surface area contributed by atoms with E-state index in [1.165, 1.54) is 31.2 Å². The molecule has 1 heterocycles. The third-order valence-electron chi connectivity index (χ3n) is 3.65. The molecule has 17 heavy (non-hydrogen) atoms. The molecule has 1 aliphatic heterocycles. The molecule has 90 valence electrons. The van der Waals surface area contributed by atoms with Crippen molar-refractivity contribution < 1.29 is 0 Å². The first-order chi connectivity index (χ1) is 8.42. The molecule has 2 atom stereocenters. The van der Waals surface area contributed by atoms with Gasteiger partial charge >= 0.3 is 0 Å². The maximum absolute atomic E-state index is 4.72. The molecule has 0 aromatic heterocycles. The smallest absolute Gasteiger partial charge is 0.192 e. The number of nitrogens with zero attached hydrogens (tertiary/aromatic N) is 1. The first-order valence-electron chi connectivity index (χ1n) is 6.54.